The lowest BCUT2D eigenvalue weighted by atomic mass is 9.87. The van der Waals surface area contributed by atoms with Crippen LogP contribution in [-0.4, -0.2) is 44.0 Å². The maximum Gasteiger partial charge on any atom is 0.306 e. The van der Waals surface area contributed by atoms with Crippen molar-refractivity contribution in [2.24, 2.45) is 5.92 Å². The van der Waals surface area contributed by atoms with E-state index in [-0.39, 0.29) is 23.6 Å². The number of pyridine rings is 1. The van der Waals surface area contributed by atoms with Crippen molar-refractivity contribution in [3.05, 3.63) is 53.1 Å². The van der Waals surface area contributed by atoms with E-state index >= 15 is 0 Å². The van der Waals surface area contributed by atoms with Crippen molar-refractivity contribution in [3.63, 3.8) is 0 Å². The summed E-state index contributed by atoms with van der Waals surface area (Å²) in [6, 6.07) is 7.32. The molecule has 176 valence electrons. The summed E-state index contributed by atoms with van der Waals surface area (Å²) in [5, 5.41) is 17.7. The monoisotopic (exact) mass is 462 g/mol. The summed E-state index contributed by atoms with van der Waals surface area (Å²) in [5.74, 6) is -0.934. The Kier molecular flexibility index (Phi) is 5.13. The van der Waals surface area contributed by atoms with Crippen LogP contribution in [0.3, 0.4) is 0 Å². The Morgan fingerprint density at radius 2 is 2.00 bits per heavy atom. The molecule has 0 amide bonds. The maximum atomic E-state index is 14.2. The summed E-state index contributed by atoms with van der Waals surface area (Å²) in [4.78, 5) is 16.8. The van der Waals surface area contributed by atoms with Gasteiger partial charge in [0.1, 0.15) is 5.82 Å². The Bertz CT molecular complexity index is 1400. The first-order valence-electron chi connectivity index (χ1n) is 12.0. The number of fused-ring (bicyclic) bond motifs is 2. The summed E-state index contributed by atoms with van der Waals surface area (Å²) < 4.78 is 22.1. The Morgan fingerprint density at radius 3 is 2.74 bits per heavy atom. The Hall–Kier alpha value is -3.26. The number of benzene rings is 1. The molecular formula is C26H27FN4O3. The van der Waals surface area contributed by atoms with E-state index in [0.717, 1.165) is 46.9 Å². The lowest BCUT2D eigenvalue weighted by Crippen LogP contribution is -2.19. The molecule has 1 saturated heterocycles. The molecule has 34 heavy (non-hydrogen) atoms. The van der Waals surface area contributed by atoms with Crippen LogP contribution in [-0.2, 0) is 9.53 Å². The van der Waals surface area contributed by atoms with Gasteiger partial charge in [0.2, 0.25) is 0 Å². The molecule has 3 aromatic heterocycles. The highest BCUT2D eigenvalue weighted by Crippen LogP contribution is 2.47. The summed E-state index contributed by atoms with van der Waals surface area (Å²) in [6.45, 7) is 3.16. The van der Waals surface area contributed by atoms with Crippen LogP contribution in [0.4, 0.5) is 4.39 Å². The van der Waals surface area contributed by atoms with Gasteiger partial charge in [0.15, 0.2) is 5.65 Å². The van der Waals surface area contributed by atoms with E-state index in [2.05, 4.69) is 20.8 Å². The third kappa shape index (κ3) is 3.39. The minimum Gasteiger partial charge on any atom is -0.481 e. The van der Waals surface area contributed by atoms with Crippen molar-refractivity contribution < 1.29 is 19.0 Å². The molecule has 0 radical (unpaired) electrons. The third-order valence-electron chi connectivity index (χ3n) is 7.62. The molecule has 1 saturated carbocycles. The highest BCUT2D eigenvalue weighted by atomic mass is 19.1. The first kappa shape index (κ1) is 21.3. The molecule has 2 atom stereocenters. The van der Waals surface area contributed by atoms with E-state index in [9.17, 15) is 14.3 Å². The van der Waals surface area contributed by atoms with E-state index in [0.29, 0.717) is 37.3 Å². The zero-order chi connectivity index (χ0) is 23.4. The fourth-order valence-electron chi connectivity index (χ4n) is 5.90. The van der Waals surface area contributed by atoms with Crippen molar-refractivity contribution in [1.82, 2.24) is 19.7 Å². The predicted molar refractivity (Wildman–Crippen MR) is 126 cm³/mol. The van der Waals surface area contributed by atoms with Crippen LogP contribution in [0.25, 0.3) is 27.8 Å². The molecule has 2 N–H and O–H groups in total. The quantitative estimate of drug-likeness (QED) is 0.434. The van der Waals surface area contributed by atoms with Gasteiger partial charge in [-0.05, 0) is 74.8 Å². The second-order valence-corrected chi connectivity index (χ2v) is 9.66. The van der Waals surface area contributed by atoms with Gasteiger partial charge in [-0.3, -0.25) is 9.89 Å². The van der Waals surface area contributed by atoms with E-state index in [1.807, 2.05) is 12.1 Å². The highest BCUT2D eigenvalue weighted by molar-refractivity contribution is 5.94. The van der Waals surface area contributed by atoms with Crippen LogP contribution in [0.1, 0.15) is 60.8 Å². The van der Waals surface area contributed by atoms with Gasteiger partial charge in [0.05, 0.1) is 23.1 Å². The first-order chi connectivity index (χ1) is 16.5. The minimum atomic E-state index is -0.725. The number of hydrogen-bond donors (Lipinski definition) is 2. The largest absolute Gasteiger partial charge is 0.481 e. The number of ether oxygens (including phenoxy) is 1. The molecule has 6 rings (SSSR count). The molecular weight excluding hydrogens is 435 g/mol. The number of carboxylic acid groups (broad SMARTS) is 1. The zero-order valence-corrected chi connectivity index (χ0v) is 19.1. The van der Waals surface area contributed by atoms with Crippen molar-refractivity contribution in [2.75, 3.05) is 13.2 Å². The van der Waals surface area contributed by atoms with E-state index in [1.54, 1.807) is 13.1 Å². The summed E-state index contributed by atoms with van der Waals surface area (Å²) in [5.41, 5.74) is 6.36. The minimum absolute atomic E-state index is 0.108. The average Bonchev–Trinajstić information content (AvgIpc) is 3.56. The molecule has 0 bridgehead atoms. The number of aliphatic carboxylic acids is 1. The van der Waals surface area contributed by atoms with Crippen LogP contribution in [0.2, 0.25) is 0 Å². The van der Waals surface area contributed by atoms with Gasteiger partial charge in [0.25, 0.3) is 0 Å². The van der Waals surface area contributed by atoms with Gasteiger partial charge < -0.3 is 14.4 Å². The number of aryl methyl sites for hydroxylation is 1. The van der Waals surface area contributed by atoms with E-state index in [1.165, 1.54) is 11.8 Å². The van der Waals surface area contributed by atoms with Crippen LogP contribution in [0.5, 0.6) is 0 Å². The molecule has 4 heterocycles. The number of halogens is 1. The normalized spacial score (nSPS) is 21.6. The third-order valence-corrected chi connectivity index (χ3v) is 7.62. The molecule has 1 aromatic carbocycles. The van der Waals surface area contributed by atoms with Crippen LogP contribution >= 0.6 is 0 Å². The van der Waals surface area contributed by atoms with Crippen molar-refractivity contribution in [3.8, 4) is 5.69 Å². The van der Waals surface area contributed by atoms with Gasteiger partial charge in [-0.1, -0.05) is 0 Å². The molecule has 0 spiro atoms. The predicted octanol–water partition coefficient (Wildman–Crippen LogP) is 5.21. The van der Waals surface area contributed by atoms with Crippen LogP contribution in [0.15, 0.2) is 30.5 Å². The van der Waals surface area contributed by atoms with Crippen molar-refractivity contribution >= 4 is 28.0 Å². The number of H-pyrrole nitrogens is 1. The summed E-state index contributed by atoms with van der Waals surface area (Å²) in [7, 11) is 0. The fourth-order valence-corrected chi connectivity index (χ4v) is 5.90. The lowest BCUT2D eigenvalue weighted by Gasteiger charge is -2.27. The molecule has 1 aliphatic heterocycles. The number of nitrogens with one attached hydrogen (secondary N) is 1. The van der Waals surface area contributed by atoms with Gasteiger partial charge in [-0.25, -0.2) is 9.37 Å². The van der Waals surface area contributed by atoms with Gasteiger partial charge in [0, 0.05) is 41.5 Å². The number of hydrogen-bond acceptors (Lipinski definition) is 4. The number of carboxylic acids is 1. The Morgan fingerprint density at radius 1 is 1.18 bits per heavy atom. The number of carbonyl (C=O) groups is 1. The Balaban J connectivity index is 1.66. The topological polar surface area (TPSA) is 93.0 Å². The molecule has 0 unspecified atom stereocenters. The summed E-state index contributed by atoms with van der Waals surface area (Å²) >= 11 is 0. The number of rotatable bonds is 4. The molecule has 4 aromatic rings. The molecule has 8 heteroatoms. The first-order valence-corrected chi connectivity index (χ1v) is 12.0. The number of nitrogens with zero attached hydrogens (tertiary/aromatic N) is 3. The highest BCUT2D eigenvalue weighted by Gasteiger charge is 2.37. The smallest absolute Gasteiger partial charge is 0.306 e. The molecule has 7 nitrogen and oxygen atoms in total. The van der Waals surface area contributed by atoms with Gasteiger partial charge in [-0.2, -0.15) is 5.10 Å². The number of aromatic nitrogens is 4. The molecule has 2 aliphatic rings. The summed E-state index contributed by atoms with van der Waals surface area (Å²) in [6.07, 6.45) is 5.63. The zero-order valence-electron chi connectivity index (χ0n) is 19.1. The van der Waals surface area contributed by atoms with E-state index < -0.39 is 5.97 Å². The second kappa shape index (κ2) is 8.20. The van der Waals surface area contributed by atoms with Gasteiger partial charge in [-0.15, -0.1) is 0 Å². The SMILES string of the molecule is Cc1cc(-n2c(C3CCOCC3)c([C@@H]3CC[C@@H](C(=O)O)C3)c3nc4[nH]ncc4cc32)ccc1F. The molecule has 1 aliphatic carbocycles. The van der Waals surface area contributed by atoms with Crippen LogP contribution < -0.4 is 0 Å². The van der Waals surface area contributed by atoms with Crippen LogP contribution in [0, 0.1) is 18.7 Å². The van der Waals surface area contributed by atoms with E-state index in [4.69, 9.17) is 9.72 Å². The number of aromatic amines is 1. The second-order valence-electron chi connectivity index (χ2n) is 9.66. The maximum absolute atomic E-state index is 14.2. The van der Waals surface area contributed by atoms with Gasteiger partial charge >= 0.3 is 5.97 Å². The van der Waals surface area contributed by atoms with Crippen molar-refractivity contribution in [1.29, 1.82) is 0 Å². The lowest BCUT2D eigenvalue weighted by molar-refractivity contribution is -0.141. The average molecular weight is 463 g/mol. The van der Waals surface area contributed by atoms with Crippen molar-refractivity contribution in [2.45, 2.75) is 50.9 Å². The Labute approximate surface area is 195 Å². The standard InChI is InChI=1S/C26H27FN4O3/c1-14-10-19(4-5-20(14)27)31-21-12-18-13-28-30-25(18)29-23(21)22(16-2-3-17(11-16)26(32)33)24(31)15-6-8-34-9-7-15/h4-5,10,12-13,15-17H,2-3,6-9,11H2,1H3,(H,32,33)(H,28,29,30)/t16-,17-/m1/s1. The fraction of sp³-hybridized carbons (Fsp3) is 0.423. The molecule has 2 fully saturated rings.